The predicted octanol–water partition coefficient (Wildman–Crippen LogP) is 1.98. The SMILES string of the molecule is CN=C(NCCCNC(=O)OC(C)(C)C)NCc1ccccc1OCCN1CCOCC1. The van der Waals surface area contributed by atoms with Gasteiger partial charge in [0.2, 0.25) is 0 Å². The fourth-order valence-corrected chi connectivity index (χ4v) is 3.10. The van der Waals surface area contributed by atoms with Gasteiger partial charge in [0.15, 0.2) is 5.96 Å². The summed E-state index contributed by atoms with van der Waals surface area (Å²) in [6.45, 7) is 12.4. The molecule has 0 aromatic heterocycles. The fraction of sp³-hybridized carbons (Fsp3) is 0.652. The van der Waals surface area contributed by atoms with E-state index in [4.69, 9.17) is 14.2 Å². The van der Waals surface area contributed by atoms with E-state index in [2.05, 4.69) is 31.9 Å². The minimum atomic E-state index is -0.489. The number of hydrogen-bond acceptors (Lipinski definition) is 6. The average molecular weight is 450 g/mol. The maximum absolute atomic E-state index is 11.7. The first-order chi connectivity index (χ1) is 15.4. The summed E-state index contributed by atoms with van der Waals surface area (Å²) in [4.78, 5) is 18.3. The topological polar surface area (TPSA) is 96.5 Å². The van der Waals surface area contributed by atoms with E-state index in [0.717, 1.165) is 50.6 Å². The highest BCUT2D eigenvalue weighted by atomic mass is 16.6. The van der Waals surface area contributed by atoms with E-state index in [1.807, 2.05) is 39.0 Å². The number of hydrogen-bond donors (Lipinski definition) is 3. The van der Waals surface area contributed by atoms with Crippen LogP contribution in [-0.4, -0.2) is 82.1 Å². The molecule has 1 saturated heterocycles. The Morgan fingerprint density at radius 1 is 1.12 bits per heavy atom. The van der Waals surface area contributed by atoms with Crippen molar-refractivity contribution < 1.29 is 19.0 Å². The van der Waals surface area contributed by atoms with Gasteiger partial charge in [-0.05, 0) is 33.3 Å². The normalized spacial score (nSPS) is 15.2. The van der Waals surface area contributed by atoms with Crippen LogP contribution in [0, 0.1) is 0 Å². The van der Waals surface area contributed by atoms with Crippen molar-refractivity contribution in [2.24, 2.45) is 4.99 Å². The zero-order chi connectivity index (χ0) is 23.2. The Hall–Kier alpha value is -2.52. The molecule has 1 fully saturated rings. The van der Waals surface area contributed by atoms with Crippen molar-refractivity contribution in [1.29, 1.82) is 0 Å². The molecule has 0 unspecified atom stereocenters. The Kier molecular flexibility index (Phi) is 11.1. The molecule has 1 amide bonds. The molecular weight excluding hydrogens is 410 g/mol. The molecule has 180 valence electrons. The van der Waals surface area contributed by atoms with Crippen LogP contribution in [0.1, 0.15) is 32.8 Å². The van der Waals surface area contributed by atoms with Gasteiger partial charge in [0.1, 0.15) is 18.0 Å². The van der Waals surface area contributed by atoms with Crippen LogP contribution in [0.25, 0.3) is 0 Å². The number of alkyl carbamates (subject to hydrolysis) is 1. The van der Waals surface area contributed by atoms with Crippen molar-refractivity contribution in [3.8, 4) is 5.75 Å². The maximum Gasteiger partial charge on any atom is 0.407 e. The Balaban J connectivity index is 1.67. The quantitative estimate of drug-likeness (QED) is 0.286. The standard InChI is InChI=1S/C23H39N5O4/c1-23(2,3)32-22(29)26-11-7-10-25-21(24-4)27-18-19-8-5-6-9-20(19)31-17-14-28-12-15-30-16-13-28/h5-6,8-9H,7,10-18H2,1-4H3,(H,26,29)(H2,24,25,27). The molecule has 2 rings (SSSR count). The number of amides is 1. The van der Waals surface area contributed by atoms with Crippen LogP contribution >= 0.6 is 0 Å². The number of benzene rings is 1. The second-order valence-electron chi connectivity index (χ2n) is 8.54. The predicted molar refractivity (Wildman–Crippen MR) is 126 cm³/mol. The molecule has 0 bridgehead atoms. The lowest BCUT2D eigenvalue weighted by Crippen LogP contribution is -2.39. The van der Waals surface area contributed by atoms with Gasteiger partial charge < -0.3 is 30.2 Å². The third-order valence-corrected chi connectivity index (χ3v) is 4.73. The van der Waals surface area contributed by atoms with Gasteiger partial charge in [-0.1, -0.05) is 18.2 Å². The van der Waals surface area contributed by atoms with Gasteiger partial charge in [0.05, 0.1) is 13.2 Å². The number of guanidine groups is 1. The third kappa shape index (κ3) is 10.7. The van der Waals surface area contributed by atoms with Crippen LogP contribution in [0.5, 0.6) is 5.75 Å². The smallest absolute Gasteiger partial charge is 0.407 e. The lowest BCUT2D eigenvalue weighted by Gasteiger charge is -2.26. The molecule has 9 heteroatoms. The summed E-state index contributed by atoms with van der Waals surface area (Å²) in [7, 11) is 1.74. The molecule has 1 aromatic rings. The summed E-state index contributed by atoms with van der Waals surface area (Å²) in [5.74, 6) is 1.58. The third-order valence-electron chi connectivity index (χ3n) is 4.73. The van der Waals surface area contributed by atoms with E-state index in [9.17, 15) is 4.79 Å². The minimum Gasteiger partial charge on any atom is -0.492 e. The molecule has 1 aromatic carbocycles. The molecule has 1 aliphatic heterocycles. The van der Waals surface area contributed by atoms with Crippen LogP contribution in [0.3, 0.4) is 0 Å². The highest BCUT2D eigenvalue weighted by Gasteiger charge is 2.15. The first kappa shape index (κ1) is 25.7. The number of aliphatic imine (C=N–C) groups is 1. The second kappa shape index (κ2) is 13.8. The molecule has 0 radical (unpaired) electrons. The van der Waals surface area contributed by atoms with Crippen LogP contribution in [0.15, 0.2) is 29.3 Å². The first-order valence-electron chi connectivity index (χ1n) is 11.3. The van der Waals surface area contributed by atoms with Gasteiger partial charge in [-0.15, -0.1) is 0 Å². The molecule has 0 saturated carbocycles. The summed E-state index contributed by atoms with van der Waals surface area (Å²) < 4.78 is 16.6. The van der Waals surface area contributed by atoms with E-state index < -0.39 is 11.7 Å². The van der Waals surface area contributed by atoms with Gasteiger partial charge in [0, 0.05) is 51.9 Å². The number of ether oxygens (including phenoxy) is 3. The Bertz CT molecular complexity index is 715. The van der Waals surface area contributed by atoms with Crippen LogP contribution in [-0.2, 0) is 16.0 Å². The lowest BCUT2D eigenvalue weighted by atomic mass is 10.2. The van der Waals surface area contributed by atoms with Crippen LogP contribution in [0.4, 0.5) is 4.79 Å². The summed E-state index contributed by atoms with van der Waals surface area (Å²) in [5, 5.41) is 9.32. The minimum absolute atomic E-state index is 0.398. The van der Waals surface area contributed by atoms with E-state index in [1.165, 1.54) is 0 Å². The Morgan fingerprint density at radius 2 is 1.84 bits per heavy atom. The molecule has 0 spiro atoms. The van der Waals surface area contributed by atoms with E-state index in [1.54, 1.807) is 7.05 Å². The van der Waals surface area contributed by atoms with Crippen molar-refractivity contribution in [2.75, 3.05) is 59.6 Å². The van der Waals surface area contributed by atoms with E-state index >= 15 is 0 Å². The number of carbonyl (C=O) groups excluding carboxylic acids is 1. The Morgan fingerprint density at radius 3 is 2.56 bits per heavy atom. The van der Waals surface area contributed by atoms with Gasteiger partial charge in [-0.3, -0.25) is 9.89 Å². The molecule has 1 aliphatic rings. The fourth-order valence-electron chi connectivity index (χ4n) is 3.10. The highest BCUT2D eigenvalue weighted by Crippen LogP contribution is 2.17. The van der Waals surface area contributed by atoms with Crippen molar-refractivity contribution in [3.63, 3.8) is 0 Å². The molecule has 0 aliphatic carbocycles. The first-order valence-corrected chi connectivity index (χ1v) is 11.3. The maximum atomic E-state index is 11.7. The largest absolute Gasteiger partial charge is 0.492 e. The number of nitrogens with zero attached hydrogens (tertiary/aromatic N) is 2. The van der Waals surface area contributed by atoms with Crippen LogP contribution in [0.2, 0.25) is 0 Å². The summed E-state index contributed by atoms with van der Waals surface area (Å²) in [6, 6.07) is 8.03. The van der Waals surface area contributed by atoms with Crippen LogP contribution < -0.4 is 20.7 Å². The van der Waals surface area contributed by atoms with Crippen molar-refractivity contribution in [2.45, 2.75) is 39.3 Å². The zero-order valence-corrected chi connectivity index (χ0v) is 19.9. The monoisotopic (exact) mass is 449 g/mol. The Labute approximate surface area is 191 Å². The highest BCUT2D eigenvalue weighted by molar-refractivity contribution is 5.79. The zero-order valence-electron chi connectivity index (χ0n) is 19.9. The molecule has 9 nitrogen and oxygen atoms in total. The van der Waals surface area contributed by atoms with Gasteiger partial charge >= 0.3 is 6.09 Å². The average Bonchev–Trinajstić information content (AvgIpc) is 2.76. The van der Waals surface area contributed by atoms with Gasteiger partial charge in [-0.25, -0.2) is 4.79 Å². The number of rotatable bonds is 10. The summed E-state index contributed by atoms with van der Waals surface area (Å²) in [5.41, 5.74) is 0.584. The second-order valence-corrected chi connectivity index (χ2v) is 8.54. The number of morpholine rings is 1. The molecule has 32 heavy (non-hydrogen) atoms. The summed E-state index contributed by atoms with van der Waals surface area (Å²) >= 11 is 0. The van der Waals surface area contributed by atoms with E-state index in [0.29, 0.717) is 32.2 Å². The van der Waals surface area contributed by atoms with E-state index in [-0.39, 0.29) is 0 Å². The van der Waals surface area contributed by atoms with Crippen molar-refractivity contribution in [1.82, 2.24) is 20.9 Å². The van der Waals surface area contributed by atoms with Crippen molar-refractivity contribution >= 4 is 12.1 Å². The molecule has 1 heterocycles. The number of nitrogens with one attached hydrogen (secondary N) is 3. The van der Waals surface area contributed by atoms with Gasteiger partial charge in [0.25, 0.3) is 0 Å². The van der Waals surface area contributed by atoms with Gasteiger partial charge in [-0.2, -0.15) is 0 Å². The lowest BCUT2D eigenvalue weighted by molar-refractivity contribution is 0.0322. The number of carbonyl (C=O) groups is 1. The number of para-hydroxylation sites is 1. The summed E-state index contributed by atoms with van der Waals surface area (Å²) in [6.07, 6.45) is 0.353. The molecule has 3 N–H and O–H groups in total. The molecule has 0 atom stereocenters. The molecular formula is C23H39N5O4. The van der Waals surface area contributed by atoms with Crippen molar-refractivity contribution in [3.05, 3.63) is 29.8 Å².